The van der Waals surface area contributed by atoms with Gasteiger partial charge in [0, 0.05) is 0 Å². The Labute approximate surface area is 39.5 Å². The maximum absolute atomic E-state index is 6.77. The van der Waals surface area contributed by atoms with Gasteiger partial charge in [0.1, 0.15) is 5.04 Å². The average Bonchev–Trinajstić information content (AvgIpc) is 1.86. The first-order valence-electron chi connectivity index (χ1n) is 1.38. The summed E-state index contributed by atoms with van der Waals surface area (Å²) in [4.78, 5) is 0. The third-order valence-corrected chi connectivity index (χ3v) is 0.839. The summed E-state index contributed by atoms with van der Waals surface area (Å²) in [5.74, 6) is 0. The molecule has 0 atom stereocenters. The molecule has 1 N–H and O–H groups in total. The predicted molar refractivity (Wildman–Crippen MR) is 24.5 cm³/mol. The van der Waals surface area contributed by atoms with Gasteiger partial charge in [0.05, 0.1) is 11.9 Å². The van der Waals surface area contributed by atoms with Crippen LogP contribution < -0.4 is 0 Å². The molecule has 1 rings (SSSR count). The highest BCUT2D eigenvalue weighted by atomic mass is 32.2. The summed E-state index contributed by atoms with van der Waals surface area (Å²) >= 11 is 1.08. The molecule has 6 heavy (non-hydrogen) atoms. The Morgan fingerprint density at radius 2 is 2.67 bits per heavy atom. The first kappa shape index (κ1) is 3.80. The van der Waals surface area contributed by atoms with Crippen molar-refractivity contribution in [1.82, 2.24) is 0 Å². The van der Waals surface area contributed by atoms with E-state index in [2.05, 4.69) is 9.63 Å². The third-order valence-electron chi connectivity index (χ3n) is 0.361. The van der Waals surface area contributed by atoms with Crippen LogP contribution in [0.25, 0.3) is 0 Å². The molecule has 1 aliphatic rings. The number of rotatable bonds is 0. The van der Waals surface area contributed by atoms with Crippen LogP contribution in [0.1, 0.15) is 0 Å². The number of nitrogens with one attached hydrogen (secondary N) is 1. The fourth-order valence-corrected chi connectivity index (χ4v) is 0.444. The fraction of sp³-hybridized carbons (Fsp3) is 0. The van der Waals surface area contributed by atoms with Crippen LogP contribution in [0.3, 0.4) is 0 Å². The van der Waals surface area contributed by atoms with E-state index in [0.717, 1.165) is 11.9 Å². The minimum atomic E-state index is 0.412. The maximum Gasteiger partial charge on any atom is 0.151 e. The van der Waals surface area contributed by atoms with E-state index in [0.29, 0.717) is 5.04 Å². The molecule has 0 amide bonds. The van der Waals surface area contributed by atoms with Gasteiger partial charge < -0.3 is 0 Å². The van der Waals surface area contributed by atoms with Gasteiger partial charge in [0.15, 0.2) is 6.54 Å². The lowest BCUT2D eigenvalue weighted by atomic mass is 10.8. The van der Waals surface area contributed by atoms with E-state index in [4.69, 9.17) is 5.41 Å². The van der Waals surface area contributed by atoms with Crippen LogP contribution in [0.5, 0.6) is 0 Å². The zero-order valence-electron chi connectivity index (χ0n) is 2.88. The van der Waals surface area contributed by atoms with Crippen molar-refractivity contribution in [2.45, 2.75) is 0 Å². The van der Waals surface area contributed by atoms with Crippen molar-refractivity contribution in [2.24, 2.45) is 9.63 Å². The van der Waals surface area contributed by atoms with Crippen LogP contribution in [0.2, 0.25) is 0 Å². The molecule has 0 aromatic carbocycles. The van der Waals surface area contributed by atoms with E-state index in [1.54, 1.807) is 0 Å². The Kier molecular flexibility index (Phi) is 0.874. The normalized spacial score (nSPS) is 19.7. The molecule has 3 nitrogen and oxygen atoms in total. The van der Waals surface area contributed by atoms with Crippen LogP contribution in [0.4, 0.5) is 0 Å². The Balaban J connectivity index is 2.52. The summed E-state index contributed by atoms with van der Waals surface area (Å²) in [7, 11) is 0. The first-order chi connectivity index (χ1) is 2.89. The van der Waals surface area contributed by atoms with E-state index >= 15 is 0 Å². The number of hydrogen-bond acceptors (Lipinski definition) is 4. The maximum atomic E-state index is 6.77. The fourth-order valence-electron chi connectivity index (χ4n) is 0.167. The summed E-state index contributed by atoms with van der Waals surface area (Å²) in [6.07, 6.45) is 0. The smallest absolute Gasteiger partial charge is 0.151 e. The monoisotopic (exact) mass is 100.0 g/mol. The molecule has 0 bridgehead atoms. The van der Waals surface area contributed by atoms with Crippen LogP contribution in [0.15, 0.2) is 9.63 Å². The van der Waals surface area contributed by atoms with E-state index in [9.17, 15) is 0 Å². The molecular formula is C2H2N3S. The van der Waals surface area contributed by atoms with E-state index in [1.807, 2.05) is 0 Å². The van der Waals surface area contributed by atoms with Crippen LogP contribution in [-0.2, 0) is 0 Å². The number of hydrogen-bond donors (Lipinski definition) is 1. The molecule has 0 aromatic rings. The van der Waals surface area contributed by atoms with Crippen molar-refractivity contribution < 1.29 is 0 Å². The van der Waals surface area contributed by atoms with Crippen molar-refractivity contribution in [3.05, 3.63) is 6.54 Å². The lowest BCUT2D eigenvalue weighted by molar-refractivity contribution is 1.31. The SMILES string of the molecule is N=C1[CH]N=NS1. The molecule has 31 valence electrons. The standard InChI is InChI=1S/C2H2N3S/c3-2-1-4-5-6-2/h1,3H. The van der Waals surface area contributed by atoms with Gasteiger partial charge in [0.2, 0.25) is 0 Å². The van der Waals surface area contributed by atoms with E-state index < -0.39 is 0 Å². The molecule has 0 spiro atoms. The second kappa shape index (κ2) is 1.38. The Morgan fingerprint density at radius 1 is 1.83 bits per heavy atom. The summed E-state index contributed by atoms with van der Waals surface area (Å²) < 4.78 is 3.43. The minimum Gasteiger partial charge on any atom is -0.294 e. The highest BCUT2D eigenvalue weighted by Gasteiger charge is 2.00. The summed E-state index contributed by atoms with van der Waals surface area (Å²) in [5, 5.41) is 10.6. The molecule has 0 unspecified atom stereocenters. The van der Waals surface area contributed by atoms with Crippen LogP contribution >= 0.6 is 11.9 Å². The third kappa shape index (κ3) is 0.567. The zero-order valence-corrected chi connectivity index (χ0v) is 3.70. The second-order valence-corrected chi connectivity index (χ2v) is 1.57. The molecule has 0 saturated carbocycles. The van der Waals surface area contributed by atoms with Crippen LogP contribution in [0, 0.1) is 12.0 Å². The van der Waals surface area contributed by atoms with Gasteiger partial charge in [-0.1, -0.05) is 0 Å². The van der Waals surface area contributed by atoms with Crippen LogP contribution in [-0.4, -0.2) is 5.04 Å². The minimum absolute atomic E-state index is 0.412. The van der Waals surface area contributed by atoms with Crippen molar-refractivity contribution in [3.8, 4) is 0 Å². The van der Waals surface area contributed by atoms with Crippen molar-refractivity contribution in [3.63, 3.8) is 0 Å². The lowest BCUT2D eigenvalue weighted by Crippen LogP contribution is -1.75. The van der Waals surface area contributed by atoms with E-state index in [-0.39, 0.29) is 0 Å². The van der Waals surface area contributed by atoms with Gasteiger partial charge in [0.25, 0.3) is 0 Å². The molecule has 1 aliphatic heterocycles. The van der Waals surface area contributed by atoms with Crippen molar-refractivity contribution >= 4 is 17.0 Å². The second-order valence-electron chi connectivity index (χ2n) is 0.782. The quantitative estimate of drug-likeness (QED) is 0.457. The zero-order chi connectivity index (χ0) is 4.41. The lowest BCUT2D eigenvalue weighted by Gasteiger charge is -1.70. The van der Waals surface area contributed by atoms with Gasteiger partial charge in [-0.15, -0.1) is 4.52 Å². The molecule has 1 radical (unpaired) electrons. The van der Waals surface area contributed by atoms with Gasteiger partial charge in [-0.25, -0.2) is 0 Å². The van der Waals surface area contributed by atoms with Gasteiger partial charge >= 0.3 is 0 Å². The average molecular weight is 100 g/mol. The van der Waals surface area contributed by atoms with Gasteiger partial charge in [-0.2, -0.15) is 5.11 Å². The summed E-state index contributed by atoms with van der Waals surface area (Å²) in [6, 6.07) is 0. The topological polar surface area (TPSA) is 48.6 Å². The van der Waals surface area contributed by atoms with Crippen molar-refractivity contribution in [1.29, 1.82) is 5.41 Å². The molecule has 1 heterocycles. The highest BCUT2D eigenvalue weighted by Crippen LogP contribution is 2.14. The first-order valence-corrected chi connectivity index (χ1v) is 2.16. The molecule has 0 saturated heterocycles. The molecule has 4 heteroatoms. The molecule has 0 fully saturated rings. The van der Waals surface area contributed by atoms with Gasteiger partial charge in [-0.3, -0.25) is 5.41 Å². The molecular weight excluding hydrogens is 98.1 g/mol. The van der Waals surface area contributed by atoms with Gasteiger partial charge in [-0.05, 0) is 0 Å². The largest absolute Gasteiger partial charge is 0.294 e. The Morgan fingerprint density at radius 3 is 2.83 bits per heavy atom. The summed E-state index contributed by atoms with van der Waals surface area (Å²) in [6.45, 7) is 1.41. The Bertz CT molecular complexity index is 87.0. The highest BCUT2D eigenvalue weighted by molar-refractivity contribution is 8.13. The molecule has 0 aromatic heterocycles. The summed E-state index contributed by atoms with van der Waals surface area (Å²) in [5.41, 5.74) is 0. The Hall–Kier alpha value is -0.380. The van der Waals surface area contributed by atoms with E-state index in [1.165, 1.54) is 6.54 Å². The molecule has 0 aliphatic carbocycles. The number of nitrogens with zero attached hydrogens (tertiary/aromatic N) is 2. The van der Waals surface area contributed by atoms with Crippen molar-refractivity contribution in [2.75, 3.05) is 0 Å². The predicted octanol–water partition coefficient (Wildman–Crippen LogP) is 1.24.